The van der Waals surface area contributed by atoms with Crippen molar-refractivity contribution in [2.75, 3.05) is 5.73 Å². The highest BCUT2D eigenvalue weighted by Crippen LogP contribution is 2.25. The summed E-state index contributed by atoms with van der Waals surface area (Å²) in [4.78, 5) is 8.92. The first-order valence-electron chi connectivity index (χ1n) is 6.30. The third-order valence-electron chi connectivity index (χ3n) is 3.08. The smallest absolute Gasteiger partial charge is 0.162 e. The summed E-state index contributed by atoms with van der Waals surface area (Å²) in [6.45, 7) is 7.98. The van der Waals surface area contributed by atoms with Gasteiger partial charge in [0.15, 0.2) is 5.82 Å². The lowest BCUT2D eigenvalue weighted by atomic mass is 10.2. The molecule has 0 atom stereocenters. The van der Waals surface area contributed by atoms with Crippen LogP contribution in [0.15, 0.2) is 4.47 Å². The summed E-state index contributed by atoms with van der Waals surface area (Å²) in [6, 6.07) is 0. The van der Waals surface area contributed by atoms with Gasteiger partial charge in [0.25, 0.3) is 0 Å². The minimum absolute atomic E-state index is 0.525. The third-order valence-corrected chi connectivity index (χ3v) is 4.23. The highest BCUT2D eigenvalue weighted by Gasteiger charge is 2.16. The molecule has 6 heteroatoms. The summed E-state index contributed by atoms with van der Waals surface area (Å²) in [7, 11) is 0. The molecule has 2 rings (SSSR count). The Morgan fingerprint density at radius 2 is 1.89 bits per heavy atom. The number of aromatic nitrogens is 4. The van der Waals surface area contributed by atoms with Crippen LogP contribution in [-0.4, -0.2) is 19.7 Å². The standard InChI is InChI=1S/C13H18BrN5/c1-5-6-10-16-12(15)7(2)13(17-10)19-9(4)11(14)8(3)18-19/h5-6H2,1-4H3,(H2,15,16,17). The van der Waals surface area contributed by atoms with E-state index in [-0.39, 0.29) is 0 Å². The van der Waals surface area contributed by atoms with Gasteiger partial charge in [0.2, 0.25) is 0 Å². The van der Waals surface area contributed by atoms with E-state index < -0.39 is 0 Å². The van der Waals surface area contributed by atoms with Gasteiger partial charge in [0.1, 0.15) is 11.6 Å². The Hall–Kier alpha value is -1.43. The van der Waals surface area contributed by atoms with Crippen LogP contribution in [-0.2, 0) is 6.42 Å². The van der Waals surface area contributed by atoms with E-state index in [2.05, 4.69) is 37.9 Å². The molecule has 0 spiro atoms. The molecular formula is C13H18BrN5. The summed E-state index contributed by atoms with van der Waals surface area (Å²) in [5.74, 6) is 2.06. The predicted octanol–water partition coefficient (Wildman–Crippen LogP) is 2.88. The van der Waals surface area contributed by atoms with Crippen molar-refractivity contribution < 1.29 is 0 Å². The van der Waals surface area contributed by atoms with E-state index in [1.54, 1.807) is 0 Å². The maximum Gasteiger partial charge on any atom is 0.162 e. The van der Waals surface area contributed by atoms with Crippen LogP contribution in [0.1, 0.15) is 36.1 Å². The third kappa shape index (κ3) is 2.49. The second-order valence-electron chi connectivity index (χ2n) is 4.62. The van der Waals surface area contributed by atoms with Crippen LogP contribution >= 0.6 is 15.9 Å². The number of nitrogen functional groups attached to an aromatic ring is 1. The molecule has 2 heterocycles. The normalized spacial score (nSPS) is 11.0. The molecule has 0 radical (unpaired) electrons. The van der Waals surface area contributed by atoms with Crippen molar-refractivity contribution in [2.45, 2.75) is 40.5 Å². The van der Waals surface area contributed by atoms with Crippen LogP contribution < -0.4 is 5.73 Å². The zero-order chi connectivity index (χ0) is 14.2. The Morgan fingerprint density at radius 3 is 2.42 bits per heavy atom. The molecule has 2 aromatic rings. The van der Waals surface area contributed by atoms with Crippen molar-refractivity contribution >= 4 is 21.7 Å². The number of nitrogens with zero attached hydrogens (tertiary/aromatic N) is 4. The molecule has 0 aliphatic heterocycles. The van der Waals surface area contributed by atoms with E-state index >= 15 is 0 Å². The topological polar surface area (TPSA) is 69.6 Å². The van der Waals surface area contributed by atoms with E-state index in [4.69, 9.17) is 5.73 Å². The van der Waals surface area contributed by atoms with E-state index in [1.165, 1.54) is 0 Å². The van der Waals surface area contributed by atoms with Gasteiger partial charge >= 0.3 is 0 Å². The van der Waals surface area contributed by atoms with Gasteiger partial charge in [-0.25, -0.2) is 14.6 Å². The summed E-state index contributed by atoms with van der Waals surface area (Å²) < 4.78 is 2.83. The molecular weight excluding hydrogens is 306 g/mol. The second kappa shape index (κ2) is 5.28. The van der Waals surface area contributed by atoms with Crippen LogP contribution in [0.3, 0.4) is 0 Å². The van der Waals surface area contributed by atoms with E-state index in [0.29, 0.717) is 5.82 Å². The molecule has 0 aliphatic rings. The lowest BCUT2D eigenvalue weighted by Crippen LogP contribution is -2.11. The lowest BCUT2D eigenvalue weighted by molar-refractivity contribution is 0.760. The summed E-state index contributed by atoms with van der Waals surface area (Å²) in [6.07, 6.45) is 1.81. The van der Waals surface area contributed by atoms with Crippen molar-refractivity contribution in [1.29, 1.82) is 0 Å². The fraction of sp³-hybridized carbons (Fsp3) is 0.462. The number of hydrogen-bond donors (Lipinski definition) is 1. The van der Waals surface area contributed by atoms with Crippen molar-refractivity contribution in [3.63, 3.8) is 0 Å². The van der Waals surface area contributed by atoms with Crippen LogP contribution in [0.2, 0.25) is 0 Å². The van der Waals surface area contributed by atoms with Gasteiger partial charge in [-0.05, 0) is 43.1 Å². The zero-order valence-corrected chi connectivity index (χ0v) is 13.2. The predicted molar refractivity (Wildman–Crippen MR) is 79.5 cm³/mol. The van der Waals surface area contributed by atoms with Gasteiger partial charge in [0, 0.05) is 12.0 Å². The molecule has 0 unspecified atom stereocenters. The number of rotatable bonds is 3. The Balaban J connectivity index is 2.63. The molecule has 0 saturated heterocycles. The highest BCUT2D eigenvalue weighted by molar-refractivity contribution is 9.10. The maximum absolute atomic E-state index is 5.98. The summed E-state index contributed by atoms with van der Waals surface area (Å²) in [5, 5.41) is 4.51. The first-order chi connectivity index (χ1) is 8.95. The minimum Gasteiger partial charge on any atom is -0.383 e. The number of halogens is 1. The number of aryl methyl sites for hydroxylation is 2. The molecule has 2 N–H and O–H groups in total. The van der Waals surface area contributed by atoms with E-state index in [1.807, 2.05) is 25.5 Å². The average molecular weight is 324 g/mol. The van der Waals surface area contributed by atoms with Gasteiger partial charge in [-0.15, -0.1) is 0 Å². The number of hydrogen-bond acceptors (Lipinski definition) is 4. The molecule has 0 aliphatic carbocycles. The molecule has 102 valence electrons. The van der Waals surface area contributed by atoms with Crippen LogP contribution in [0.25, 0.3) is 5.82 Å². The highest BCUT2D eigenvalue weighted by atomic mass is 79.9. The SMILES string of the molecule is CCCc1nc(N)c(C)c(-n2nc(C)c(Br)c2C)n1. The van der Waals surface area contributed by atoms with Crippen molar-refractivity contribution in [1.82, 2.24) is 19.7 Å². The molecule has 2 aromatic heterocycles. The first-order valence-corrected chi connectivity index (χ1v) is 7.10. The molecule has 0 aromatic carbocycles. The Labute approximate surface area is 121 Å². The molecule has 5 nitrogen and oxygen atoms in total. The first kappa shape index (κ1) is 14.0. The van der Waals surface area contributed by atoms with Crippen LogP contribution in [0, 0.1) is 20.8 Å². The van der Waals surface area contributed by atoms with Gasteiger partial charge < -0.3 is 5.73 Å². The van der Waals surface area contributed by atoms with Crippen molar-refractivity contribution in [3.8, 4) is 5.82 Å². The summed E-state index contributed by atoms with van der Waals surface area (Å²) in [5.41, 5.74) is 8.79. The maximum atomic E-state index is 5.98. The Morgan fingerprint density at radius 1 is 1.21 bits per heavy atom. The largest absolute Gasteiger partial charge is 0.383 e. The van der Waals surface area contributed by atoms with Gasteiger partial charge in [-0.2, -0.15) is 5.10 Å². The molecule has 0 bridgehead atoms. The van der Waals surface area contributed by atoms with Crippen LogP contribution in [0.5, 0.6) is 0 Å². The number of anilines is 1. The fourth-order valence-corrected chi connectivity index (χ4v) is 2.19. The number of nitrogens with two attached hydrogens (primary N) is 1. The minimum atomic E-state index is 0.525. The molecule has 0 amide bonds. The quantitative estimate of drug-likeness (QED) is 0.942. The Bertz CT molecular complexity index is 618. The average Bonchev–Trinajstić information content (AvgIpc) is 2.62. The van der Waals surface area contributed by atoms with Gasteiger partial charge in [-0.1, -0.05) is 6.92 Å². The monoisotopic (exact) mass is 323 g/mol. The molecule has 0 saturated carbocycles. The van der Waals surface area contributed by atoms with Gasteiger partial charge in [0.05, 0.1) is 15.9 Å². The van der Waals surface area contributed by atoms with Crippen LogP contribution in [0.4, 0.5) is 5.82 Å². The second-order valence-corrected chi connectivity index (χ2v) is 5.41. The lowest BCUT2D eigenvalue weighted by Gasteiger charge is -2.11. The van der Waals surface area contributed by atoms with Crippen molar-refractivity contribution in [3.05, 3.63) is 27.2 Å². The zero-order valence-electron chi connectivity index (χ0n) is 11.7. The molecule has 0 fully saturated rings. The summed E-state index contributed by atoms with van der Waals surface area (Å²) >= 11 is 3.53. The van der Waals surface area contributed by atoms with E-state index in [9.17, 15) is 0 Å². The molecule has 19 heavy (non-hydrogen) atoms. The van der Waals surface area contributed by atoms with Gasteiger partial charge in [-0.3, -0.25) is 0 Å². The van der Waals surface area contributed by atoms with E-state index in [0.717, 1.165) is 45.9 Å². The fourth-order valence-electron chi connectivity index (χ4n) is 1.94. The Kier molecular flexibility index (Phi) is 3.89. The van der Waals surface area contributed by atoms with Crippen molar-refractivity contribution in [2.24, 2.45) is 0 Å².